The Morgan fingerprint density at radius 3 is 2.26 bits per heavy atom. The summed E-state index contributed by atoms with van der Waals surface area (Å²) in [6.07, 6.45) is 3.51. The Morgan fingerprint density at radius 1 is 1.05 bits per heavy atom. The molecule has 0 saturated heterocycles. The van der Waals surface area contributed by atoms with E-state index in [1.165, 1.54) is 12.1 Å². The van der Waals surface area contributed by atoms with Crippen molar-refractivity contribution in [2.45, 2.75) is 6.42 Å². The van der Waals surface area contributed by atoms with Crippen LogP contribution in [0.5, 0.6) is 0 Å². The van der Waals surface area contributed by atoms with Crippen LogP contribution in [0, 0.1) is 0 Å². The predicted molar refractivity (Wildman–Crippen MR) is 70.0 cm³/mol. The molecule has 0 radical (unpaired) electrons. The number of carbonyl (C=O) groups excluding carboxylic acids is 1. The van der Waals surface area contributed by atoms with Gasteiger partial charge < -0.3 is 10.4 Å². The van der Waals surface area contributed by atoms with Gasteiger partial charge in [-0.15, -0.1) is 0 Å². The monoisotopic (exact) mass is 256 g/mol. The maximum atomic E-state index is 11.8. The Labute approximate surface area is 109 Å². The summed E-state index contributed by atoms with van der Waals surface area (Å²) in [7, 11) is 0. The number of hydrogen-bond donors (Lipinski definition) is 2. The van der Waals surface area contributed by atoms with E-state index in [1.807, 2.05) is 0 Å². The molecule has 1 amide bonds. The maximum Gasteiger partial charge on any atom is 0.335 e. The highest BCUT2D eigenvalue weighted by molar-refractivity contribution is 5.93. The van der Waals surface area contributed by atoms with E-state index < -0.39 is 5.97 Å². The molecule has 0 bridgehead atoms. The molecule has 0 saturated carbocycles. The topological polar surface area (TPSA) is 79.3 Å². The van der Waals surface area contributed by atoms with Crippen molar-refractivity contribution in [3.8, 4) is 0 Å². The van der Waals surface area contributed by atoms with Crippen LogP contribution in [0.25, 0.3) is 0 Å². The number of nitrogens with zero attached hydrogens (tertiary/aromatic N) is 1. The van der Waals surface area contributed by atoms with Gasteiger partial charge in [-0.1, -0.05) is 0 Å². The standard InChI is InChI=1S/C14H12N2O3/c17-13(9-10-5-7-15-8-6-10)16-12-3-1-11(2-4-12)14(18)19/h1-8H,9H2,(H,16,17)(H,18,19). The second kappa shape index (κ2) is 5.77. The molecule has 1 aromatic carbocycles. The molecule has 0 aliphatic heterocycles. The second-order valence-electron chi connectivity index (χ2n) is 3.96. The summed E-state index contributed by atoms with van der Waals surface area (Å²) in [6.45, 7) is 0. The number of benzene rings is 1. The van der Waals surface area contributed by atoms with Crippen LogP contribution in [0.3, 0.4) is 0 Å². The average molecular weight is 256 g/mol. The molecule has 0 unspecified atom stereocenters. The Bertz CT molecular complexity index is 579. The summed E-state index contributed by atoms with van der Waals surface area (Å²) in [4.78, 5) is 26.3. The van der Waals surface area contributed by atoms with Crippen LogP contribution in [0.4, 0.5) is 5.69 Å². The van der Waals surface area contributed by atoms with Crippen molar-refractivity contribution >= 4 is 17.6 Å². The van der Waals surface area contributed by atoms with Crippen molar-refractivity contribution in [1.29, 1.82) is 0 Å². The molecule has 2 aromatic rings. The van der Waals surface area contributed by atoms with Crippen LogP contribution in [0.2, 0.25) is 0 Å². The number of anilines is 1. The van der Waals surface area contributed by atoms with Gasteiger partial charge in [0.15, 0.2) is 0 Å². The molecule has 0 aliphatic carbocycles. The lowest BCUT2D eigenvalue weighted by Gasteiger charge is -2.05. The van der Waals surface area contributed by atoms with E-state index in [9.17, 15) is 9.59 Å². The van der Waals surface area contributed by atoms with Gasteiger partial charge in [-0.05, 0) is 42.0 Å². The van der Waals surface area contributed by atoms with Gasteiger partial charge in [-0.25, -0.2) is 4.79 Å². The Kier molecular flexibility index (Phi) is 3.87. The number of pyridine rings is 1. The third-order valence-corrected chi connectivity index (χ3v) is 2.53. The Morgan fingerprint density at radius 2 is 1.68 bits per heavy atom. The number of amides is 1. The van der Waals surface area contributed by atoms with E-state index in [4.69, 9.17) is 5.11 Å². The van der Waals surface area contributed by atoms with Gasteiger partial charge in [0.2, 0.25) is 5.91 Å². The quantitative estimate of drug-likeness (QED) is 0.876. The van der Waals surface area contributed by atoms with Gasteiger partial charge >= 0.3 is 5.97 Å². The van der Waals surface area contributed by atoms with Gasteiger partial charge in [0.1, 0.15) is 0 Å². The van der Waals surface area contributed by atoms with Crippen molar-refractivity contribution in [2.24, 2.45) is 0 Å². The first-order chi connectivity index (χ1) is 9.15. The summed E-state index contributed by atoms with van der Waals surface area (Å²) < 4.78 is 0. The molecule has 2 rings (SSSR count). The van der Waals surface area contributed by atoms with E-state index in [0.29, 0.717) is 5.69 Å². The first kappa shape index (κ1) is 12.8. The predicted octanol–water partition coefficient (Wildman–Crippen LogP) is 1.96. The summed E-state index contributed by atoms with van der Waals surface area (Å²) in [5.41, 5.74) is 1.63. The van der Waals surface area contributed by atoms with E-state index >= 15 is 0 Å². The fourth-order valence-electron chi connectivity index (χ4n) is 1.59. The van der Waals surface area contributed by atoms with Crippen LogP contribution in [0.1, 0.15) is 15.9 Å². The highest BCUT2D eigenvalue weighted by Crippen LogP contribution is 2.10. The lowest BCUT2D eigenvalue weighted by atomic mass is 10.2. The smallest absolute Gasteiger partial charge is 0.335 e. The number of aromatic carboxylic acids is 1. The second-order valence-corrected chi connectivity index (χ2v) is 3.96. The molecule has 0 fully saturated rings. The van der Waals surface area contributed by atoms with Crippen LogP contribution < -0.4 is 5.32 Å². The van der Waals surface area contributed by atoms with Crippen molar-refractivity contribution < 1.29 is 14.7 Å². The fraction of sp³-hybridized carbons (Fsp3) is 0.0714. The molecule has 1 heterocycles. The zero-order chi connectivity index (χ0) is 13.7. The molecule has 2 N–H and O–H groups in total. The third-order valence-electron chi connectivity index (χ3n) is 2.53. The van der Waals surface area contributed by atoms with Gasteiger partial charge in [0.05, 0.1) is 12.0 Å². The number of carboxylic acids is 1. The highest BCUT2D eigenvalue weighted by Gasteiger charge is 2.05. The number of rotatable bonds is 4. The minimum atomic E-state index is -0.991. The normalized spacial score (nSPS) is 9.89. The molecular formula is C14H12N2O3. The van der Waals surface area contributed by atoms with Crippen molar-refractivity contribution in [3.63, 3.8) is 0 Å². The molecule has 0 atom stereocenters. The van der Waals surface area contributed by atoms with Crippen LogP contribution in [-0.2, 0) is 11.2 Å². The first-order valence-electron chi connectivity index (χ1n) is 5.67. The number of nitrogens with one attached hydrogen (secondary N) is 1. The summed E-state index contributed by atoms with van der Waals surface area (Å²) in [5, 5.41) is 11.5. The minimum absolute atomic E-state index is 0.158. The number of aromatic nitrogens is 1. The van der Waals surface area contributed by atoms with Crippen molar-refractivity contribution in [1.82, 2.24) is 4.98 Å². The highest BCUT2D eigenvalue weighted by atomic mass is 16.4. The zero-order valence-electron chi connectivity index (χ0n) is 10.0. The zero-order valence-corrected chi connectivity index (χ0v) is 10.0. The van der Waals surface area contributed by atoms with E-state index in [0.717, 1.165) is 5.56 Å². The molecule has 0 aliphatic rings. The largest absolute Gasteiger partial charge is 0.478 e. The van der Waals surface area contributed by atoms with Gasteiger partial charge in [-0.3, -0.25) is 9.78 Å². The molecule has 5 heteroatoms. The van der Waals surface area contributed by atoms with Gasteiger partial charge in [-0.2, -0.15) is 0 Å². The molecular weight excluding hydrogens is 244 g/mol. The lowest BCUT2D eigenvalue weighted by molar-refractivity contribution is -0.115. The van der Waals surface area contributed by atoms with Crippen molar-refractivity contribution in [3.05, 3.63) is 59.9 Å². The summed E-state index contributed by atoms with van der Waals surface area (Å²) in [5.74, 6) is -1.15. The summed E-state index contributed by atoms with van der Waals surface area (Å²) in [6, 6.07) is 9.57. The third kappa shape index (κ3) is 3.64. The van der Waals surface area contributed by atoms with Crippen molar-refractivity contribution in [2.75, 3.05) is 5.32 Å². The lowest BCUT2D eigenvalue weighted by Crippen LogP contribution is -2.14. The van der Waals surface area contributed by atoms with E-state index in [-0.39, 0.29) is 17.9 Å². The number of carboxylic acid groups (broad SMARTS) is 1. The average Bonchev–Trinajstić information content (AvgIpc) is 2.40. The van der Waals surface area contributed by atoms with Crippen LogP contribution >= 0.6 is 0 Å². The summed E-state index contributed by atoms with van der Waals surface area (Å²) >= 11 is 0. The number of carbonyl (C=O) groups is 2. The molecule has 0 spiro atoms. The first-order valence-corrected chi connectivity index (χ1v) is 5.67. The minimum Gasteiger partial charge on any atom is -0.478 e. The Balaban J connectivity index is 1.97. The number of hydrogen-bond acceptors (Lipinski definition) is 3. The molecule has 1 aromatic heterocycles. The molecule has 96 valence electrons. The molecule has 19 heavy (non-hydrogen) atoms. The maximum absolute atomic E-state index is 11.8. The molecule has 5 nitrogen and oxygen atoms in total. The SMILES string of the molecule is O=C(Cc1ccncc1)Nc1ccc(C(=O)O)cc1. The Hall–Kier alpha value is -2.69. The van der Waals surface area contributed by atoms with E-state index in [2.05, 4.69) is 10.3 Å². The van der Waals surface area contributed by atoms with Gasteiger partial charge in [0.25, 0.3) is 0 Å². The van der Waals surface area contributed by atoms with Crippen LogP contribution in [0.15, 0.2) is 48.8 Å². The van der Waals surface area contributed by atoms with E-state index in [1.54, 1.807) is 36.7 Å². The van der Waals surface area contributed by atoms with Gasteiger partial charge in [0, 0.05) is 18.1 Å². The van der Waals surface area contributed by atoms with Crippen LogP contribution in [-0.4, -0.2) is 22.0 Å². The fourth-order valence-corrected chi connectivity index (χ4v) is 1.59.